The van der Waals surface area contributed by atoms with Crippen LogP contribution >= 0.6 is 0 Å². The van der Waals surface area contributed by atoms with Gasteiger partial charge in [0.15, 0.2) is 0 Å². The Kier molecular flexibility index (Phi) is 6.87. The minimum absolute atomic E-state index is 0.0620. The molecular formula is C25H21F3N6O3S. The number of hydrogen-bond acceptors (Lipinski definition) is 7. The van der Waals surface area contributed by atoms with Crippen LogP contribution < -0.4 is 10.0 Å². The highest BCUT2D eigenvalue weighted by Gasteiger charge is 2.30. The van der Waals surface area contributed by atoms with Crippen LogP contribution in [0.25, 0.3) is 28.5 Å². The van der Waals surface area contributed by atoms with Crippen LogP contribution in [0.15, 0.2) is 88.6 Å². The second-order valence-corrected chi connectivity index (χ2v) is 9.96. The first kappa shape index (κ1) is 25.4. The van der Waals surface area contributed by atoms with Gasteiger partial charge in [-0.15, -0.1) is 0 Å². The number of alkyl halides is 3. The normalized spacial score (nSPS) is 12.2. The molecule has 5 rings (SSSR count). The van der Waals surface area contributed by atoms with Crippen molar-refractivity contribution in [2.75, 3.05) is 18.4 Å². The standard InChI is InChI=1S/C25H21F3N6O3S/c26-25(27,28)18-7-9-19(10-8-18)38(35,36)31-13-4-12-29-23-30-14-11-20(32-23)22-21(17-5-2-1-3-6-17)33-24-34(22)15-16-37-24/h1-3,5-11,14-16,31H,4,12-13H2,(H,29,30,32). The van der Waals surface area contributed by atoms with Gasteiger partial charge in [0.1, 0.15) is 17.7 Å². The van der Waals surface area contributed by atoms with Crippen molar-refractivity contribution in [2.45, 2.75) is 17.5 Å². The lowest BCUT2D eigenvalue weighted by molar-refractivity contribution is -0.137. The zero-order valence-electron chi connectivity index (χ0n) is 19.7. The van der Waals surface area contributed by atoms with Crippen molar-refractivity contribution in [1.82, 2.24) is 24.1 Å². The lowest BCUT2D eigenvalue weighted by atomic mass is 10.1. The average molecular weight is 543 g/mol. The molecule has 2 N–H and O–H groups in total. The van der Waals surface area contributed by atoms with Gasteiger partial charge in [-0.3, -0.25) is 4.40 Å². The van der Waals surface area contributed by atoms with Crippen LogP contribution in [-0.4, -0.2) is 40.9 Å². The lowest BCUT2D eigenvalue weighted by Crippen LogP contribution is -2.26. The average Bonchev–Trinajstić information content (AvgIpc) is 3.50. The number of fused-ring (bicyclic) bond motifs is 1. The summed E-state index contributed by atoms with van der Waals surface area (Å²) in [5.41, 5.74) is 2.03. The van der Waals surface area contributed by atoms with Gasteiger partial charge in [-0.1, -0.05) is 30.3 Å². The van der Waals surface area contributed by atoms with E-state index in [0.717, 1.165) is 35.5 Å². The van der Waals surface area contributed by atoms with Crippen molar-refractivity contribution < 1.29 is 26.0 Å². The van der Waals surface area contributed by atoms with Crippen molar-refractivity contribution in [3.63, 3.8) is 0 Å². The van der Waals surface area contributed by atoms with Crippen LogP contribution in [0.4, 0.5) is 19.1 Å². The predicted molar refractivity (Wildman–Crippen MR) is 134 cm³/mol. The minimum atomic E-state index is -4.54. The van der Waals surface area contributed by atoms with E-state index in [9.17, 15) is 21.6 Å². The number of benzene rings is 2. The summed E-state index contributed by atoms with van der Waals surface area (Å²) in [4.78, 5) is 13.2. The molecule has 0 spiro atoms. The van der Waals surface area contributed by atoms with Crippen molar-refractivity contribution in [3.05, 3.63) is 84.9 Å². The Morgan fingerprint density at radius 3 is 2.45 bits per heavy atom. The summed E-state index contributed by atoms with van der Waals surface area (Å²) in [6.07, 6.45) is 0.731. The Balaban J connectivity index is 1.23. The highest BCUT2D eigenvalue weighted by atomic mass is 32.2. The highest BCUT2D eigenvalue weighted by molar-refractivity contribution is 7.89. The van der Waals surface area contributed by atoms with Gasteiger partial charge in [-0.2, -0.15) is 18.2 Å². The maximum absolute atomic E-state index is 12.7. The Bertz CT molecular complexity index is 1650. The zero-order chi connectivity index (χ0) is 26.8. The predicted octanol–water partition coefficient (Wildman–Crippen LogP) is 4.85. The van der Waals surface area contributed by atoms with Crippen LogP contribution in [0.1, 0.15) is 12.0 Å². The third-order valence-electron chi connectivity index (χ3n) is 5.63. The fourth-order valence-corrected chi connectivity index (χ4v) is 4.88. The summed E-state index contributed by atoms with van der Waals surface area (Å²) >= 11 is 0. The van der Waals surface area contributed by atoms with E-state index in [4.69, 9.17) is 4.42 Å². The molecule has 0 fully saturated rings. The topological polar surface area (TPSA) is 114 Å². The molecule has 2 aromatic carbocycles. The molecule has 0 atom stereocenters. The summed E-state index contributed by atoms with van der Waals surface area (Å²) < 4.78 is 72.5. The van der Waals surface area contributed by atoms with Crippen LogP contribution in [0, 0.1) is 0 Å². The quantitative estimate of drug-likeness (QED) is 0.256. The molecule has 196 valence electrons. The summed E-state index contributed by atoms with van der Waals surface area (Å²) in [5.74, 6) is 0.762. The molecule has 0 bridgehead atoms. The van der Waals surface area contributed by atoms with E-state index in [2.05, 4.69) is 25.0 Å². The number of rotatable bonds is 9. The summed E-state index contributed by atoms with van der Waals surface area (Å²) in [7, 11) is -3.95. The molecule has 0 saturated heterocycles. The number of oxazole rings is 1. The van der Waals surface area contributed by atoms with E-state index in [0.29, 0.717) is 36.1 Å². The van der Waals surface area contributed by atoms with Crippen LogP contribution in [-0.2, 0) is 16.2 Å². The number of halogens is 3. The Hall–Kier alpha value is -4.23. The molecule has 5 aromatic rings. The van der Waals surface area contributed by atoms with Gasteiger partial charge in [0.25, 0.3) is 0 Å². The first-order chi connectivity index (χ1) is 18.2. The summed E-state index contributed by atoms with van der Waals surface area (Å²) in [6.45, 7) is 0.407. The Morgan fingerprint density at radius 2 is 1.71 bits per heavy atom. The van der Waals surface area contributed by atoms with E-state index >= 15 is 0 Å². The molecule has 0 saturated carbocycles. The largest absolute Gasteiger partial charge is 0.432 e. The zero-order valence-corrected chi connectivity index (χ0v) is 20.5. The molecule has 9 nitrogen and oxygen atoms in total. The van der Waals surface area contributed by atoms with E-state index < -0.39 is 21.8 Å². The van der Waals surface area contributed by atoms with Crippen molar-refractivity contribution in [3.8, 4) is 22.6 Å². The van der Waals surface area contributed by atoms with Crippen molar-refractivity contribution >= 4 is 21.8 Å². The van der Waals surface area contributed by atoms with E-state index in [-0.39, 0.29) is 11.4 Å². The van der Waals surface area contributed by atoms with Gasteiger partial charge >= 0.3 is 12.0 Å². The van der Waals surface area contributed by atoms with Crippen LogP contribution in [0.5, 0.6) is 0 Å². The summed E-state index contributed by atoms with van der Waals surface area (Å²) in [5, 5.41) is 3.06. The fourth-order valence-electron chi connectivity index (χ4n) is 3.81. The molecule has 0 unspecified atom stereocenters. The van der Waals surface area contributed by atoms with E-state index in [1.165, 1.54) is 6.26 Å². The number of nitrogens with one attached hydrogen (secondary N) is 2. The van der Waals surface area contributed by atoms with Crippen molar-refractivity contribution in [1.29, 1.82) is 0 Å². The molecular weight excluding hydrogens is 521 g/mol. The molecule has 3 aromatic heterocycles. The van der Waals surface area contributed by atoms with E-state index in [1.807, 2.05) is 30.3 Å². The highest BCUT2D eigenvalue weighted by Crippen LogP contribution is 2.32. The number of anilines is 1. The van der Waals surface area contributed by atoms with Gasteiger partial charge in [0.2, 0.25) is 16.0 Å². The maximum Gasteiger partial charge on any atom is 0.416 e. The molecule has 0 aliphatic rings. The van der Waals surface area contributed by atoms with E-state index in [1.54, 1.807) is 22.9 Å². The van der Waals surface area contributed by atoms with Gasteiger partial charge in [0.05, 0.1) is 16.2 Å². The monoisotopic (exact) mass is 542 g/mol. The molecule has 0 aliphatic carbocycles. The fraction of sp³-hybridized carbons (Fsp3) is 0.160. The lowest BCUT2D eigenvalue weighted by Gasteiger charge is -2.10. The number of hydrogen-bond donors (Lipinski definition) is 2. The molecule has 0 aliphatic heterocycles. The SMILES string of the molecule is O=S(=O)(NCCCNc1nccc(-c2c(-c3ccccc3)nc3occn23)n1)c1ccc(C(F)(F)F)cc1. The number of nitrogens with zero attached hydrogens (tertiary/aromatic N) is 4. The maximum atomic E-state index is 12.7. The van der Waals surface area contributed by atoms with Crippen molar-refractivity contribution in [2.24, 2.45) is 0 Å². The third kappa shape index (κ3) is 5.38. The first-order valence-electron chi connectivity index (χ1n) is 11.5. The number of aromatic nitrogens is 4. The second-order valence-electron chi connectivity index (χ2n) is 8.20. The first-order valence-corrected chi connectivity index (χ1v) is 13.0. The number of imidazole rings is 1. The van der Waals surface area contributed by atoms with Crippen LogP contribution in [0.2, 0.25) is 0 Å². The smallest absolute Gasteiger partial charge is 0.416 e. The minimum Gasteiger partial charge on any atom is -0.432 e. The number of sulfonamides is 1. The van der Waals surface area contributed by atoms with Gasteiger partial charge in [-0.05, 0) is 36.8 Å². The summed E-state index contributed by atoms with van der Waals surface area (Å²) in [6, 6.07) is 14.7. The molecule has 3 heterocycles. The van der Waals surface area contributed by atoms with Gasteiger partial charge in [0, 0.05) is 31.0 Å². The van der Waals surface area contributed by atoms with Crippen LogP contribution in [0.3, 0.4) is 0 Å². The Labute approximate surface area is 215 Å². The van der Waals surface area contributed by atoms with Gasteiger partial charge in [-0.25, -0.2) is 23.1 Å². The Morgan fingerprint density at radius 1 is 0.947 bits per heavy atom. The van der Waals surface area contributed by atoms with Gasteiger partial charge < -0.3 is 9.73 Å². The third-order valence-corrected chi connectivity index (χ3v) is 7.11. The second kappa shape index (κ2) is 10.3. The molecule has 0 amide bonds. The molecule has 38 heavy (non-hydrogen) atoms. The molecule has 13 heteroatoms. The molecule has 0 radical (unpaired) electrons.